The highest BCUT2D eigenvalue weighted by Gasteiger charge is 2.29. The number of carbonyl (C=O) groups is 3. The van der Waals surface area contributed by atoms with Crippen LogP contribution < -0.4 is 5.32 Å². The highest BCUT2D eigenvalue weighted by Crippen LogP contribution is 2.12. The molecule has 2 N–H and O–H groups in total. The molecule has 19 heavy (non-hydrogen) atoms. The second-order valence-electron chi connectivity index (χ2n) is 3.70. The quantitative estimate of drug-likeness (QED) is 0.740. The molecule has 0 aromatic rings. The second kappa shape index (κ2) is 5.67. The van der Waals surface area contributed by atoms with Gasteiger partial charge < -0.3 is 10.4 Å². The van der Waals surface area contributed by atoms with Crippen molar-refractivity contribution in [2.45, 2.75) is 19.0 Å². The number of nitrogens with one attached hydrogen (secondary N) is 1. The third-order valence-corrected chi connectivity index (χ3v) is 2.13. The maximum absolute atomic E-state index is 11.8. The van der Waals surface area contributed by atoms with Crippen molar-refractivity contribution < 1.29 is 32.7 Å². The van der Waals surface area contributed by atoms with Gasteiger partial charge in [0.2, 0.25) is 11.8 Å². The molecule has 0 aromatic carbocycles. The minimum atomic E-state index is -4.56. The Morgan fingerprint density at radius 3 is 2.53 bits per heavy atom. The van der Waals surface area contributed by atoms with Crippen LogP contribution in [0.15, 0.2) is 5.10 Å². The molecular weight excluding hydrogens is 271 g/mol. The van der Waals surface area contributed by atoms with E-state index in [1.165, 1.54) is 0 Å². The number of hydrogen-bond donors (Lipinski definition) is 2. The summed E-state index contributed by atoms with van der Waals surface area (Å²) >= 11 is 0. The largest absolute Gasteiger partial charge is 0.477 e. The fourth-order valence-electron chi connectivity index (χ4n) is 1.27. The van der Waals surface area contributed by atoms with Crippen molar-refractivity contribution in [1.82, 2.24) is 10.3 Å². The number of amides is 2. The highest BCUT2D eigenvalue weighted by atomic mass is 19.4. The fourth-order valence-corrected chi connectivity index (χ4v) is 1.27. The average molecular weight is 281 g/mol. The summed E-state index contributed by atoms with van der Waals surface area (Å²) in [6, 6.07) is 0. The van der Waals surface area contributed by atoms with Gasteiger partial charge in [0, 0.05) is 12.8 Å². The average Bonchev–Trinajstić information content (AvgIpc) is 2.28. The summed E-state index contributed by atoms with van der Waals surface area (Å²) in [4.78, 5) is 33.1. The summed E-state index contributed by atoms with van der Waals surface area (Å²) in [5.74, 6) is -3.03. The highest BCUT2D eigenvalue weighted by molar-refractivity contribution is 6.36. The monoisotopic (exact) mass is 281 g/mol. The fraction of sp³-hybridized carbons (Fsp3) is 0.556. The van der Waals surface area contributed by atoms with Crippen LogP contribution in [0.25, 0.3) is 0 Å². The van der Waals surface area contributed by atoms with Crippen LogP contribution >= 0.6 is 0 Å². The Balaban J connectivity index is 2.59. The van der Waals surface area contributed by atoms with E-state index in [4.69, 9.17) is 5.11 Å². The third-order valence-electron chi connectivity index (χ3n) is 2.13. The minimum absolute atomic E-state index is 0.0746. The number of rotatable bonds is 4. The predicted molar refractivity (Wildman–Crippen MR) is 55.1 cm³/mol. The van der Waals surface area contributed by atoms with Crippen molar-refractivity contribution in [3.63, 3.8) is 0 Å². The molecule has 0 saturated heterocycles. The molecule has 0 bridgehead atoms. The molecule has 7 nitrogen and oxygen atoms in total. The lowest BCUT2D eigenvalue weighted by atomic mass is 10.2. The third kappa shape index (κ3) is 4.94. The summed E-state index contributed by atoms with van der Waals surface area (Å²) in [7, 11) is 0. The molecule has 1 aliphatic heterocycles. The van der Waals surface area contributed by atoms with Gasteiger partial charge in [-0.3, -0.25) is 9.59 Å². The van der Waals surface area contributed by atoms with E-state index in [-0.39, 0.29) is 18.6 Å². The summed E-state index contributed by atoms with van der Waals surface area (Å²) < 4.78 is 35.5. The van der Waals surface area contributed by atoms with Gasteiger partial charge in [0.25, 0.3) is 0 Å². The molecular formula is C9H10F3N3O4. The lowest BCUT2D eigenvalue weighted by Gasteiger charge is -2.21. The van der Waals surface area contributed by atoms with Gasteiger partial charge in [0.15, 0.2) is 0 Å². The maximum atomic E-state index is 11.8. The number of carbonyl (C=O) groups excluding carboxylic acids is 2. The SMILES string of the molecule is O=C(CN1N=C(C(=O)O)CCC1=O)NCC(F)(F)F. The van der Waals surface area contributed by atoms with Crippen molar-refractivity contribution in [1.29, 1.82) is 0 Å². The first kappa shape index (κ1) is 14.9. The van der Waals surface area contributed by atoms with Gasteiger partial charge in [0.05, 0.1) is 0 Å². The predicted octanol–water partition coefficient (Wildman–Crippen LogP) is -0.272. The summed E-state index contributed by atoms with van der Waals surface area (Å²) in [6.45, 7) is -2.27. The normalized spacial score (nSPS) is 16.1. The van der Waals surface area contributed by atoms with Crippen LogP contribution in [0.4, 0.5) is 13.2 Å². The lowest BCUT2D eigenvalue weighted by Crippen LogP contribution is -2.43. The first-order valence-corrected chi connectivity index (χ1v) is 5.13. The Morgan fingerprint density at radius 2 is 2.00 bits per heavy atom. The lowest BCUT2D eigenvalue weighted by molar-refractivity contribution is -0.142. The Bertz CT molecular complexity index is 433. The number of carboxylic acid groups (broad SMARTS) is 1. The van der Waals surface area contributed by atoms with E-state index in [0.29, 0.717) is 5.01 Å². The van der Waals surface area contributed by atoms with Crippen molar-refractivity contribution in [3.8, 4) is 0 Å². The van der Waals surface area contributed by atoms with Crippen molar-refractivity contribution >= 4 is 23.5 Å². The van der Waals surface area contributed by atoms with E-state index >= 15 is 0 Å². The zero-order valence-corrected chi connectivity index (χ0v) is 9.53. The van der Waals surface area contributed by atoms with Crippen molar-refractivity contribution in [3.05, 3.63) is 0 Å². The van der Waals surface area contributed by atoms with E-state index in [1.807, 2.05) is 0 Å². The van der Waals surface area contributed by atoms with Crippen molar-refractivity contribution in [2.24, 2.45) is 5.10 Å². The number of hydrogen-bond acceptors (Lipinski definition) is 4. The molecule has 0 aromatic heterocycles. The maximum Gasteiger partial charge on any atom is 0.405 e. The summed E-state index contributed by atoms with van der Waals surface area (Å²) in [5, 5.41) is 14.2. The summed E-state index contributed by atoms with van der Waals surface area (Å²) in [5.41, 5.74) is -0.316. The molecule has 1 rings (SSSR count). The number of hydrazone groups is 1. The standard InChI is InChI=1S/C9H10F3N3O4/c10-9(11,12)4-13-6(16)3-15-7(17)2-1-5(14-15)8(18)19/h1-4H2,(H,13,16)(H,18,19). The first-order chi connectivity index (χ1) is 8.69. The number of alkyl halides is 3. The van der Waals surface area contributed by atoms with Crippen LogP contribution in [0, 0.1) is 0 Å². The minimum Gasteiger partial charge on any atom is -0.477 e. The smallest absolute Gasteiger partial charge is 0.405 e. The molecule has 2 amide bonds. The Hall–Kier alpha value is -2.13. The summed E-state index contributed by atoms with van der Waals surface area (Å²) in [6.07, 6.45) is -4.79. The topological polar surface area (TPSA) is 99.1 Å². The molecule has 0 atom stereocenters. The van der Waals surface area contributed by atoms with Crippen LogP contribution in [0.3, 0.4) is 0 Å². The van der Waals surface area contributed by atoms with Crippen LogP contribution in [0.1, 0.15) is 12.8 Å². The Kier molecular flexibility index (Phi) is 4.46. The van der Waals surface area contributed by atoms with E-state index in [9.17, 15) is 27.6 Å². The second-order valence-corrected chi connectivity index (χ2v) is 3.70. The molecule has 0 saturated carbocycles. The molecule has 0 unspecified atom stereocenters. The zero-order valence-electron chi connectivity index (χ0n) is 9.53. The van der Waals surface area contributed by atoms with E-state index in [1.54, 1.807) is 5.32 Å². The molecule has 0 spiro atoms. The molecule has 0 radical (unpaired) electrons. The first-order valence-electron chi connectivity index (χ1n) is 5.13. The Labute approximate surface area is 105 Å². The molecule has 10 heteroatoms. The number of carboxylic acids is 1. The van der Waals surface area contributed by atoms with E-state index < -0.39 is 37.0 Å². The molecule has 106 valence electrons. The van der Waals surface area contributed by atoms with Gasteiger partial charge >= 0.3 is 12.1 Å². The zero-order chi connectivity index (χ0) is 14.6. The molecule has 1 heterocycles. The van der Waals surface area contributed by atoms with Gasteiger partial charge in [-0.25, -0.2) is 9.80 Å². The number of aliphatic carboxylic acids is 1. The van der Waals surface area contributed by atoms with Crippen LogP contribution in [-0.4, -0.2) is 52.9 Å². The molecule has 0 aliphatic carbocycles. The van der Waals surface area contributed by atoms with Crippen LogP contribution in [0.2, 0.25) is 0 Å². The number of halogens is 3. The van der Waals surface area contributed by atoms with Gasteiger partial charge in [-0.05, 0) is 0 Å². The van der Waals surface area contributed by atoms with E-state index in [2.05, 4.69) is 5.10 Å². The van der Waals surface area contributed by atoms with Gasteiger partial charge in [0.1, 0.15) is 18.8 Å². The Morgan fingerprint density at radius 1 is 1.37 bits per heavy atom. The van der Waals surface area contributed by atoms with Gasteiger partial charge in [-0.1, -0.05) is 0 Å². The molecule has 1 aliphatic rings. The van der Waals surface area contributed by atoms with Crippen LogP contribution in [-0.2, 0) is 14.4 Å². The van der Waals surface area contributed by atoms with Crippen LogP contribution in [0.5, 0.6) is 0 Å². The van der Waals surface area contributed by atoms with Gasteiger partial charge in [-0.15, -0.1) is 0 Å². The van der Waals surface area contributed by atoms with E-state index in [0.717, 1.165) is 0 Å². The van der Waals surface area contributed by atoms with Gasteiger partial charge in [-0.2, -0.15) is 18.3 Å². The number of nitrogens with zero attached hydrogens (tertiary/aromatic N) is 2. The molecule has 0 fully saturated rings. The van der Waals surface area contributed by atoms with Crippen molar-refractivity contribution in [2.75, 3.05) is 13.1 Å².